The van der Waals surface area contributed by atoms with Crippen LogP contribution >= 0.6 is 11.6 Å². The van der Waals surface area contributed by atoms with Crippen molar-refractivity contribution in [2.75, 3.05) is 0 Å². The fourth-order valence-corrected chi connectivity index (χ4v) is 4.31. The molecule has 1 aliphatic rings. The van der Waals surface area contributed by atoms with Crippen molar-refractivity contribution in [3.8, 4) is 0 Å². The number of halogens is 2. The molecular weight excluding hydrogens is 415 g/mol. The molecule has 1 aliphatic carbocycles. The summed E-state index contributed by atoms with van der Waals surface area (Å²) in [6.45, 7) is 3.98. The van der Waals surface area contributed by atoms with E-state index in [1.54, 1.807) is 13.0 Å². The zero-order valence-electron chi connectivity index (χ0n) is 18.2. The summed E-state index contributed by atoms with van der Waals surface area (Å²) in [5.41, 5.74) is 2.14. The van der Waals surface area contributed by atoms with Crippen molar-refractivity contribution in [1.29, 1.82) is 0 Å². The van der Waals surface area contributed by atoms with Gasteiger partial charge >= 0.3 is 0 Å². The second-order valence-electron chi connectivity index (χ2n) is 8.34. The maximum atomic E-state index is 14.3. The topological polar surface area (TPSA) is 49.4 Å². The fourth-order valence-electron chi connectivity index (χ4n) is 4.08. The quantitative estimate of drug-likeness (QED) is 0.638. The van der Waals surface area contributed by atoms with E-state index in [1.165, 1.54) is 23.5 Å². The van der Waals surface area contributed by atoms with E-state index in [9.17, 15) is 14.0 Å². The van der Waals surface area contributed by atoms with Crippen LogP contribution in [0.4, 0.5) is 4.39 Å². The number of amides is 2. The summed E-state index contributed by atoms with van der Waals surface area (Å²) >= 11 is 6.14. The average molecular weight is 445 g/mol. The Morgan fingerprint density at radius 2 is 1.84 bits per heavy atom. The van der Waals surface area contributed by atoms with E-state index in [4.69, 9.17) is 11.6 Å². The Labute approximate surface area is 188 Å². The van der Waals surface area contributed by atoms with Gasteiger partial charge in [0.1, 0.15) is 11.9 Å². The molecule has 1 saturated carbocycles. The Hall–Kier alpha value is -2.40. The number of nitrogens with one attached hydrogen (secondary N) is 1. The van der Waals surface area contributed by atoms with Crippen LogP contribution in [0.3, 0.4) is 0 Å². The third-order valence-corrected chi connectivity index (χ3v) is 6.46. The highest BCUT2D eigenvalue weighted by molar-refractivity contribution is 6.31. The molecule has 31 heavy (non-hydrogen) atoms. The van der Waals surface area contributed by atoms with Crippen molar-refractivity contribution < 1.29 is 14.0 Å². The van der Waals surface area contributed by atoms with Gasteiger partial charge in [-0.25, -0.2) is 4.39 Å². The summed E-state index contributed by atoms with van der Waals surface area (Å²) in [6, 6.07) is 11.6. The van der Waals surface area contributed by atoms with Crippen LogP contribution in [0.15, 0.2) is 42.5 Å². The minimum atomic E-state index is -0.681. The molecule has 1 fully saturated rings. The molecule has 0 heterocycles. The molecular formula is C25H30ClFN2O2. The van der Waals surface area contributed by atoms with Gasteiger partial charge in [0.05, 0.1) is 6.42 Å². The summed E-state index contributed by atoms with van der Waals surface area (Å²) in [5, 5.41) is 3.32. The van der Waals surface area contributed by atoms with Crippen LogP contribution in [0.25, 0.3) is 0 Å². The highest BCUT2D eigenvalue weighted by Crippen LogP contribution is 2.22. The zero-order valence-corrected chi connectivity index (χ0v) is 18.9. The molecule has 0 aromatic heterocycles. The molecule has 1 atom stereocenters. The first-order valence-electron chi connectivity index (χ1n) is 10.9. The zero-order chi connectivity index (χ0) is 22.4. The summed E-state index contributed by atoms with van der Waals surface area (Å²) in [6.07, 6.45) is 5.15. The molecule has 0 aliphatic heterocycles. The van der Waals surface area contributed by atoms with Crippen LogP contribution in [0.5, 0.6) is 0 Å². The van der Waals surface area contributed by atoms with Gasteiger partial charge in [-0.1, -0.05) is 61.2 Å². The van der Waals surface area contributed by atoms with Crippen LogP contribution in [0.1, 0.15) is 55.7 Å². The number of carbonyl (C=O) groups is 2. The van der Waals surface area contributed by atoms with Crippen molar-refractivity contribution in [1.82, 2.24) is 10.2 Å². The first-order valence-corrected chi connectivity index (χ1v) is 11.3. The fraction of sp³-hybridized carbons (Fsp3) is 0.440. The highest BCUT2D eigenvalue weighted by atomic mass is 35.5. The van der Waals surface area contributed by atoms with Crippen molar-refractivity contribution in [3.05, 3.63) is 70.0 Å². The molecule has 3 rings (SSSR count). The summed E-state index contributed by atoms with van der Waals surface area (Å²) in [7, 11) is 0. The molecule has 166 valence electrons. The Morgan fingerprint density at radius 1 is 1.13 bits per heavy atom. The maximum absolute atomic E-state index is 14.3. The van der Waals surface area contributed by atoms with Crippen LogP contribution in [-0.2, 0) is 22.6 Å². The first kappa shape index (κ1) is 23.3. The third kappa shape index (κ3) is 6.07. The van der Waals surface area contributed by atoms with Crippen molar-refractivity contribution >= 4 is 23.4 Å². The Morgan fingerprint density at radius 3 is 2.52 bits per heavy atom. The van der Waals surface area contributed by atoms with Gasteiger partial charge in [0.15, 0.2) is 0 Å². The SMILES string of the molecule is Cc1ccccc1CN(C(=O)Cc1c(F)cccc1Cl)C(C)C(=O)NC1CCCCC1. The highest BCUT2D eigenvalue weighted by Gasteiger charge is 2.29. The molecule has 0 spiro atoms. The number of aryl methyl sites for hydroxylation is 1. The monoisotopic (exact) mass is 444 g/mol. The van der Waals surface area contributed by atoms with Gasteiger partial charge in [-0.05, 0) is 49.9 Å². The van der Waals surface area contributed by atoms with Gasteiger partial charge in [0.25, 0.3) is 0 Å². The lowest BCUT2D eigenvalue weighted by atomic mass is 9.95. The third-order valence-electron chi connectivity index (χ3n) is 6.11. The largest absolute Gasteiger partial charge is 0.352 e. The first-order chi connectivity index (χ1) is 14.9. The number of hydrogen-bond donors (Lipinski definition) is 1. The molecule has 2 aromatic carbocycles. The van der Waals surface area contributed by atoms with Crippen molar-refractivity contribution in [3.63, 3.8) is 0 Å². The number of benzene rings is 2. The molecule has 1 N–H and O–H groups in total. The van der Waals surface area contributed by atoms with E-state index in [0.29, 0.717) is 0 Å². The molecule has 1 unspecified atom stereocenters. The lowest BCUT2D eigenvalue weighted by Gasteiger charge is -2.31. The normalized spacial score (nSPS) is 15.4. The number of nitrogens with zero attached hydrogens (tertiary/aromatic N) is 1. The minimum Gasteiger partial charge on any atom is -0.352 e. The predicted molar refractivity (Wildman–Crippen MR) is 121 cm³/mol. The predicted octanol–water partition coefficient (Wildman–Crippen LogP) is 5.20. The van der Waals surface area contributed by atoms with E-state index in [0.717, 1.165) is 36.8 Å². The Kier molecular flexibility index (Phi) is 8.08. The van der Waals surface area contributed by atoms with Gasteiger partial charge in [0.2, 0.25) is 11.8 Å². The van der Waals surface area contributed by atoms with Crippen LogP contribution < -0.4 is 5.32 Å². The van der Waals surface area contributed by atoms with Crippen LogP contribution in [0, 0.1) is 12.7 Å². The molecule has 2 aromatic rings. The van der Waals surface area contributed by atoms with Gasteiger partial charge in [-0.15, -0.1) is 0 Å². The summed E-state index contributed by atoms with van der Waals surface area (Å²) in [5.74, 6) is -1.02. The summed E-state index contributed by atoms with van der Waals surface area (Å²) in [4.78, 5) is 27.8. The van der Waals surface area contributed by atoms with Crippen molar-refractivity contribution in [2.24, 2.45) is 0 Å². The number of rotatable bonds is 7. The lowest BCUT2D eigenvalue weighted by Crippen LogP contribution is -2.50. The van der Waals surface area contributed by atoms with E-state index >= 15 is 0 Å². The minimum absolute atomic E-state index is 0.153. The Bertz CT molecular complexity index is 907. The number of carbonyl (C=O) groups excluding carboxylic acids is 2. The summed E-state index contributed by atoms with van der Waals surface area (Å²) < 4.78 is 14.3. The van der Waals surface area contributed by atoms with E-state index in [-0.39, 0.29) is 41.4 Å². The molecule has 6 heteroatoms. The molecule has 0 radical (unpaired) electrons. The molecule has 4 nitrogen and oxygen atoms in total. The van der Waals surface area contributed by atoms with E-state index in [2.05, 4.69) is 5.32 Å². The standard InChI is InChI=1S/C25H30ClFN2O2/c1-17-9-6-7-10-19(17)16-29(18(2)25(31)28-20-11-4-3-5-12-20)24(30)15-21-22(26)13-8-14-23(21)27/h6-10,13-14,18,20H,3-5,11-12,15-16H2,1-2H3,(H,28,31). The smallest absolute Gasteiger partial charge is 0.242 e. The van der Waals surface area contributed by atoms with Gasteiger partial charge < -0.3 is 10.2 Å². The van der Waals surface area contributed by atoms with Crippen molar-refractivity contribution in [2.45, 2.75) is 71.0 Å². The van der Waals surface area contributed by atoms with Gasteiger partial charge in [0, 0.05) is 23.2 Å². The molecule has 0 bridgehead atoms. The van der Waals surface area contributed by atoms with Gasteiger partial charge in [-0.3, -0.25) is 9.59 Å². The van der Waals surface area contributed by atoms with Crippen LogP contribution in [-0.4, -0.2) is 28.8 Å². The Balaban J connectivity index is 1.82. The second-order valence-corrected chi connectivity index (χ2v) is 8.75. The maximum Gasteiger partial charge on any atom is 0.242 e. The number of hydrogen-bond acceptors (Lipinski definition) is 2. The second kappa shape index (κ2) is 10.8. The average Bonchev–Trinajstić information content (AvgIpc) is 2.76. The molecule has 2 amide bonds. The molecule has 0 saturated heterocycles. The van der Waals surface area contributed by atoms with Crippen LogP contribution in [0.2, 0.25) is 5.02 Å². The van der Waals surface area contributed by atoms with E-state index < -0.39 is 11.9 Å². The van der Waals surface area contributed by atoms with E-state index in [1.807, 2.05) is 31.2 Å². The van der Waals surface area contributed by atoms with Gasteiger partial charge in [-0.2, -0.15) is 0 Å². The lowest BCUT2D eigenvalue weighted by molar-refractivity contribution is -0.140.